The largest absolute Gasteiger partial charge is 0.337 e. The van der Waals surface area contributed by atoms with Crippen molar-refractivity contribution >= 4 is 34.1 Å². The molecule has 2 heterocycles. The Hall–Kier alpha value is -3.80. The second-order valence-corrected chi connectivity index (χ2v) is 6.08. The number of hydrogen-bond acceptors (Lipinski definition) is 5. The van der Waals surface area contributed by atoms with Gasteiger partial charge in [0.15, 0.2) is 11.6 Å². The van der Waals surface area contributed by atoms with Gasteiger partial charge in [-0.1, -0.05) is 36.4 Å². The van der Waals surface area contributed by atoms with E-state index in [0.717, 1.165) is 22.2 Å². The molecule has 6 nitrogen and oxygen atoms in total. The Kier molecular flexibility index (Phi) is 4.45. The fraction of sp³-hybridized carbons (Fsp3) is 0.0476. The van der Waals surface area contributed by atoms with E-state index in [1.165, 1.54) is 0 Å². The Morgan fingerprint density at radius 3 is 2.44 bits per heavy atom. The smallest absolute Gasteiger partial charge is 0.257 e. The third-order valence-corrected chi connectivity index (χ3v) is 4.19. The molecule has 0 aliphatic carbocycles. The number of hydrogen-bond donors (Lipinski definition) is 2. The minimum absolute atomic E-state index is 0.207. The molecule has 2 aromatic heterocycles. The summed E-state index contributed by atoms with van der Waals surface area (Å²) in [6, 6.07) is 20.7. The highest BCUT2D eigenvalue weighted by atomic mass is 16.1. The highest BCUT2D eigenvalue weighted by molar-refractivity contribution is 6.04. The molecule has 27 heavy (non-hydrogen) atoms. The second kappa shape index (κ2) is 7.21. The molecule has 0 aliphatic heterocycles. The molecule has 0 bridgehead atoms. The molecule has 2 N–H and O–H groups in total. The van der Waals surface area contributed by atoms with Gasteiger partial charge in [0.25, 0.3) is 5.91 Å². The number of aromatic nitrogens is 3. The number of pyridine rings is 1. The molecule has 0 atom stereocenters. The molecule has 0 saturated carbocycles. The number of fused-ring (bicyclic) bond motifs is 1. The van der Waals surface area contributed by atoms with Crippen LogP contribution in [0.5, 0.6) is 0 Å². The van der Waals surface area contributed by atoms with E-state index in [9.17, 15) is 4.79 Å². The quantitative estimate of drug-likeness (QED) is 0.569. The summed E-state index contributed by atoms with van der Waals surface area (Å²) in [5, 5.41) is 15.3. The first-order chi connectivity index (χ1) is 13.2. The summed E-state index contributed by atoms with van der Waals surface area (Å²) in [4.78, 5) is 16.8. The fourth-order valence-electron chi connectivity index (χ4n) is 2.82. The van der Waals surface area contributed by atoms with Crippen LogP contribution in [-0.2, 0) is 0 Å². The Labute approximate surface area is 156 Å². The van der Waals surface area contributed by atoms with E-state index < -0.39 is 0 Å². The van der Waals surface area contributed by atoms with Crippen molar-refractivity contribution in [1.82, 2.24) is 15.2 Å². The van der Waals surface area contributed by atoms with E-state index in [2.05, 4.69) is 25.8 Å². The lowest BCUT2D eigenvalue weighted by Gasteiger charge is -2.09. The lowest BCUT2D eigenvalue weighted by molar-refractivity contribution is 0.102. The van der Waals surface area contributed by atoms with Crippen LogP contribution in [-0.4, -0.2) is 21.1 Å². The molecule has 6 heteroatoms. The van der Waals surface area contributed by atoms with Crippen LogP contribution < -0.4 is 10.6 Å². The Balaban J connectivity index is 1.51. The van der Waals surface area contributed by atoms with Gasteiger partial charge in [0, 0.05) is 17.1 Å². The van der Waals surface area contributed by atoms with Crippen molar-refractivity contribution in [2.45, 2.75) is 6.92 Å². The van der Waals surface area contributed by atoms with Gasteiger partial charge in [0.2, 0.25) is 0 Å². The van der Waals surface area contributed by atoms with E-state index in [-0.39, 0.29) is 5.91 Å². The molecule has 4 aromatic rings. The van der Waals surface area contributed by atoms with Gasteiger partial charge in [-0.25, -0.2) is 0 Å². The van der Waals surface area contributed by atoms with E-state index in [1.54, 1.807) is 24.4 Å². The number of aryl methyl sites for hydroxylation is 1. The maximum atomic E-state index is 12.4. The van der Waals surface area contributed by atoms with Gasteiger partial charge in [-0.3, -0.25) is 9.78 Å². The highest BCUT2D eigenvalue weighted by Crippen LogP contribution is 2.23. The van der Waals surface area contributed by atoms with E-state index in [4.69, 9.17) is 0 Å². The van der Waals surface area contributed by atoms with Crippen molar-refractivity contribution < 1.29 is 4.79 Å². The number of carbonyl (C=O) groups is 1. The Bertz CT molecular complexity index is 1100. The molecule has 0 aliphatic rings. The summed E-state index contributed by atoms with van der Waals surface area (Å²) in [5.41, 5.74) is 3.23. The van der Waals surface area contributed by atoms with Crippen molar-refractivity contribution in [3.8, 4) is 0 Å². The van der Waals surface area contributed by atoms with Crippen LogP contribution in [0.1, 0.15) is 15.9 Å². The molecule has 0 radical (unpaired) electrons. The van der Waals surface area contributed by atoms with Gasteiger partial charge in [-0.05, 0) is 42.8 Å². The van der Waals surface area contributed by atoms with E-state index >= 15 is 0 Å². The first kappa shape index (κ1) is 16.7. The average molecular weight is 355 g/mol. The monoisotopic (exact) mass is 355 g/mol. The summed E-state index contributed by atoms with van der Waals surface area (Å²) in [5.74, 6) is 0.758. The number of amides is 1. The molecule has 0 saturated heterocycles. The number of anilines is 3. The van der Waals surface area contributed by atoms with E-state index in [0.29, 0.717) is 17.2 Å². The van der Waals surface area contributed by atoms with Crippen molar-refractivity contribution in [3.63, 3.8) is 0 Å². The molecule has 2 aromatic carbocycles. The minimum Gasteiger partial charge on any atom is -0.337 e. The first-order valence-corrected chi connectivity index (χ1v) is 8.52. The summed E-state index contributed by atoms with van der Waals surface area (Å²) in [6.07, 6.45) is 1.75. The van der Waals surface area contributed by atoms with E-state index in [1.807, 2.05) is 55.5 Å². The van der Waals surface area contributed by atoms with Crippen LogP contribution in [0.3, 0.4) is 0 Å². The minimum atomic E-state index is -0.207. The predicted molar refractivity (Wildman–Crippen MR) is 106 cm³/mol. The van der Waals surface area contributed by atoms with Gasteiger partial charge in [0.05, 0.1) is 11.2 Å². The number of rotatable bonds is 4. The van der Waals surface area contributed by atoms with Gasteiger partial charge < -0.3 is 10.6 Å². The van der Waals surface area contributed by atoms with Crippen LogP contribution >= 0.6 is 0 Å². The maximum absolute atomic E-state index is 12.4. The second-order valence-electron chi connectivity index (χ2n) is 6.08. The lowest BCUT2D eigenvalue weighted by Crippen LogP contribution is -2.14. The predicted octanol–water partition coefficient (Wildman–Crippen LogP) is 4.33. The number of nitrogens with zero attached hydrogens (tertiary/aromatic N) is 3. The maximum Gasteiger partial charge on any atom is 0.257 e. The van der Waals surface area contributed by atoms with Gasteiger partial charge >= 0.3 is 0 Å². The zero-order valence-corrected chi connectivity index (χ0v) is 14.7. The number of carbonyl (C=O) groups excluding carboxylic acids is 1. The first-order valence-electron chi connectivity index (χ1n) is 8.52. The van der Waals surface area contributed by atoms with Crippen LogP contribution in [0.4, 0.5) is 17.3 Å². The summed E-state index contributed by atoms with van der Waals surface area (Å²) in [6.45, 7) is 1.89. The van der Waals surface area contributed by atoms with Crippen molar-refractivity contribution in [2.75, 3.05) is 10.6 Å². The average Bonchev–Trinajstić information content (AvgIpc) is 2.70. The van der Waals surface area contributed by atoms with Gasteiger partial charge in [-0.15, -0.1) is 10.2 Å². The normalized spacial score (nSPS) is 10.6. The van der Waals surface area contributed by atoms with Crippen LogP contribution in [0, 0.1) is 6.92 Å². The van der Waals surface area contributed by atoms with Crippen LogP contribution in [0.2, 0.25) is 0 Å². The molecule has 0 unspecified atom stereocenters. The number of nitrogens with one attached hydrogen (secondary N) is 2. The molecule has 1 amide bonds. The zero-order valence-electron chi connectivity index (χ0n) is 14.7. The summed E-state index contributed by atoms with van der Waals surface area (Å²) < 4.78 is 0. The number of para-hydroxylation sites is 1. The third kappa shape index (κ3) is 3.59. The third-order valence-electron chi connectivity index (χ3n) is 4.19. The topological polar surface area (TPSA) is 79.8 Å². The SMILES string of the molecule is Cc1ccccc1C(=O)Nc1ccc(Nc2cccc3cccnc23)nn1. The standard InChI is InChI=1S/C21H17N5O/c1-14-6-2-3-9-16(14)21(27)24-19-12-11-18(25-26-19)23-17-10-4-7-15-8-5-13-22-20(15)17/h2-13H,1H3,(H,23,25)(H,24,26,27). The summed E-state index contributed by atoms with van der Waals surface area (Å²) >= 11 is 0. The summed E-state index contributed by atoms with van der Waals surface area (Å²) in [7, 11) is 0. The Morgan fingerprint density at radius 1 is 0.852 bits per heavy atom. The molecule has 132 valence electrons. The van der Waals surface area contributed by atoms with Crippen LogP contribution in [0.15, 0.2) is 72.9 Å². The molecule has 0 spiro atoms. The Morgan fingerprint density at radius 2 is 1.63 bits per heavy atom. The zero-order chi connectivity index (χ0) is 18.6. The lowest BCUT2D eigenvalue weighted by atomic mass is 10.1. The van der Waals surface area contributed by atoms with Crippen molar-refractivity contribution in [2.24, 2.45) is 0 Å². The molecular weight excluding hydrogens is 338 g/mol. The van der Waals surface area contributed by atoms with Crippen LogP contribution in [0.25, 0.3) is 10.9 Å². The van der Waals surface area contributed by atoms with Crippen molar-refractivity contribution in [1.29, 1.82) is 0 Å². The number of benzene rings is 2. The molecule has 4 rings (SSSR count). The van der Waals surface area contributed by atoms with Crippen molar-refractivity contribution in [3.05, 3.63) is 84.1 Å². The molecular formula is C21H17N5O. The van der Waals surface area contributed by atoms with Gasteiger partial charge in [-0.2, -0.15) is 0 Å². The fourth-order valence-corrected chi connectivity index (χ4v) is 2.82. The molecule has 0 fully saturated rings. The van der Waals surface area contributed by atoms with Gasteiger partial charge in [0.1, 0.15) is 0 Å². The highest BCUT2D eigenvalue weighted by Gasteiger charge is 2.10.